The van der Waals surface area contributed by atoms with E-state index in [-0.39, 0.29) is 6.10 Å². The number of aliphatic hydroxyl groups is 1. The lowest BCUT2D eigenvalue weighted by Gasteiger charge is -2.14. The van der Waals surface area contributed by atoms with Gasteiger partial charge < -0.3 is 15.2 Å². The van der Waals surface area contributed by atoms with Crippen molar-refractivity contribution < 1.29 is 18.6 Å². The van der Waals surface area contributed by atoms with E-state index in [0.717, 1.165) is 38.1 Å². The normalized spacial score (nSPS) is 20.7. The minimum absolute atomic E-state index is 0.264. The maximum atomic E-state index is 13.0. The Morgan fingerprint density at radius 2 is 2.21 bits per heavy atom. The maximum Gasteiger partial charge on any atom is 0.159 e. The number of hydrogen-bond donors (Lipinski definition) is 2. The minimum atomic E-state index is -0.927. The highest BCUT2D eigenvalue weighted by molar-refractivity contribution is 5.19. The van der Waals surface area contributed by atoms with Gasteiger partial charge in [0, 0.05) is 13.2 Å². The van der Waals surface area contributed by atoms with Crippen molar-refractivity contribution in [3.05, 3.63) is 35.4 Å². The first kappa shape index (κ1) is 14.4. The van der Waals surface area contributed by atoms with Gasteiger partial charge in [0.05, 0.1) is 12.2 Å². The van der Waals surface area contributed by atoms with Gasteiger partial charge in [-0.2, -0.15) is 0 Å². The molecular weight excluding hydrogens is 252 g/mol. The number of hydrogen-bond acceptors (Lipinski definition) is 3. The third-order valence-electron chi connectivity index (χ3n) is 3.32. The first-order valence-corrected chi connectivity index (χ1v) is 6.62. The largest absolute Gasteiger partial charge is 0.388 e. The Hall–Kier alpha value is -1.04. The molecule has 1 fully saturated rings. The van der Waals surface area contributed by atoms with Crippen LogP contribution in [0.2, 0.25) is 0 Å². The molecule has 2 N–H and O–H groups in total. The number of benzene rings is 1. The highest BCUT2D eigenvalue weighted by Gasteiger charge is 2.15. The van der Waals surface area contributed by atoms with Gasteiger partial charge in [0.1, 0.15) is 0 Å². The van der Waals surface area contributed by atoms with Crippen LogP contribution in [0, 0.1) is 11.6 Å². The Labute approximate surface area is 111 Å². The lowest BCUT2D eigenvalue weighted by atomic mass is 10.1. The highest BCUT2D eigenvalue weighted by Crippen LogP contribution is 2.18. The fourth-order valence-corrected chi connectivity index (χ4v) is 2.19. The van der Waals surface area contributed by atoms with Gasteiger partial charge in [0.25, 0.3) is 0 Å². The highest BCUT2D eigenvalue weighted by atomic mass is 19.2. The Morgan fingerprint density at radius 1 is 1.37 bits per heavy atom. The molecule has 19 heavy (non-hydrogen) atoms. The van der Waals surface area contributed by atoms with Crippen molar-refractivity contribution in [2.45, 2.75) is 31.5 Å². The van der Waals surface area contributed by atoms with Crippen LogP contribution < -0.4 is 5.32 Å². The van der Waals surface area contributed by atoms with Gasteiger partial charge in [0.2, 0.25) is 0 Å². The van der Waals surface area contributed by atoms with Crippen molar-refractivity contribution in [2.24, 2.45) is 0 Å². The molecule has 106 valence electrons. The summed E-state index contributed by atoms with van der Waals surface area (Å²) in [6, 6.07) is 3.48. The summed E-state index contributed by atoms with van der Waals surface area (Å²) >= 11 is 0. The summed E-state index contributed by atoms with van der Waals surface area (Å²) in [7, 11) is 0. The molecule has 1 aromatic rings. The van der Waals surface area contributed by atoms with Gasteiger partial charge in [-0.1, -0.05) is 6.07 Å². The van der Waals surface area contributed by atoms with Gasteiger partial charge in [-0.3, -0.25) is 0 Å². The molecule has 3 nitrogen and oxygen atoms in total. The molecule has 1 heterocycles. The zero-order chi connectivity index (χ0) is 13.7. The molecule has 0 radical (unpaired) electrons. The Bertz CT molecular complexity index is 408. The van der Waals surface area contributed by atoms with Crippen LogP contribution >= 0.6 is 0 Å². The van der Waals surface area contributed by atoms with Gasteiger partial charge in [0.15, 0.2) is 11.6 Å². The number of aliphatic hydroxyl groups excluding tert-OH is 1. The Morgan fingerprint density at radius 3 is 2.89 bits per heavy atom. The molecule has 1 aromatic carbocycles. The molecular formula is C14H19F2NO2. The van der Waals surface area contributed by atoms with Crippen molar-refractivity contribution in [1.82, 2.24) is 5.32 Å². The molecule has 1 saturated heterocycles. The van der Waals surface area contributed by atoms with Crippen molar-refractivity contribution in [3.63, 3.8) is 0 Å². The molecule has 0 bridgehead atoms. The van der Waals surface area contributed by atoms with Crippen LogP contribution in [-0.4, -0.2) is 30.9 Å². The molecule has 2 atom stereocenters. The summed E-state index contributed by atoms with van der Waals surface area (Å²) in [6.45, 7) is 2.20. The van der Waals surface area contributed by atoms with Gasteiger partial charge >= 0.3 is 0 Å². The number of halogens is 2. The molecule has 1 aliphatic rings. The second-order valence-electron chi connectivity index (χ2n) is 4.82. The number of ether oxygens (including phenoxy) is 1. The molecule has 0 spiro atoms. The number of nitrogens with one attached hydrogen (secondary N) is 1. The molecule has 2 rings (SSSR count). The average Bonchev–Trinajstić information content (AvgIpc) is 2.91. The van der Waals surface area contributed by atoms with E-state index in [2.05, 4.69) is 5.32 Å². The van der Waals surface area contributed by atoms with Crippen molar-refractivity contribution in [2.75, 3.05) is 19.7 Å². The van der Waals surface area contributed by atoms with Gasteiger partial charge in [-0.15, -0.1) is 0 Å². The van der Waals surface area contributed by atoms with E-state index in [1.54, 1.807) is 0 Å². The number of rotatable bonds is 6. The third-order valence-corrected chi connectivity index (χ3v) is 3.32. The van der Waals surface area contributed by atoms with Crippen molar-refractivity contribution in [1.29, 1.82) is 0 Å². The van der Waals surface area contributed by atoms with E-state index < -0.39 is 17.7 Å². The SMILES string of the molecule is OC(CCNCC1CCCO1)c1ccc(F)c(F)c1. The van der Waals surface area contributed by atoms with E-state index in [1.165, 1.54) is 6.07 Å². The van der Waals surface area contributed by atoms with E-state index in [0.29, 0.717) is 18.5 Å². The van der Waals surface area contributed by atoms with Crippen molar-refractivity contribution >= 4 is 0 Å². The molecule has 0 aromatic heterocycles. The lowest BCUT2D eigenvalue weighted by Crippen LogP contribution is -2.27. The van der Waals surface area contributed by atoms with Gasteiger partial charge in [-0.25, -0.2) is 8.78 Å². The Balaban J connectivity index is 1.71. The van der Waals surface area contributed by atoms with Crippen LogP contribution in [-0.2, 0) is 4.74 Å². The zero-order valence-electron chi connectivity index (χ0n) is 10.7. The second kappa shape index (κ2) is 6.93. The maximum absolute atomic E-state index is 13.0. The zero-order valence-corrected chi connectivity index (χ0v) is 10.7. The first-order chi connectivity index (χ1) is 9.16. The smallest absolute Gasteiger partial charge is 0.159 e. The third kappa shape index (κ3) is 4.23. The van der Waals surface area contributed by atoms with Crippen molar-refractivity contribution in [3.8, 4) is 0 Å². The minimum Gasteiger partial charge on any atom is -0.388 e. The molecule has 1 aliphatic heterocycles. The van der Waals surface area contributed by atoms with Crippen LogP contribution in [0.4, 0.5) is 8.78 Å². The molecule has 0 amide bonds. The van der Waals surface area contributed by atoms with Crippen LogP contribution in [0.3, 0.4) is 0 Å². The standard InChI is InChI=1S/C14H19F2NO2/c15-12-4-3-10(8-13(12)16)14(18)5-6-17-9-11-2-1-7-19-11/h3-4,8,11,14,17-18H,1-2,5-7,9H2. The molecule has 0 saturated carbocycles. The van der Waals surface area contributed by atoms with E-state index in [1.807, 2.05) is 0 Å². The summed E-state index contributed by atoms with van der Waals surface area (Å²) in [6.07, 6.45) is 2.10. The topological polar surface area (TPSA) is 41.5 Å². The van der Waals surface area contributed by atoms with Gasteiger partial charge in [-0.05, 0) is 43.5 Å². The van der Waals surface area contributed by atoms with E-state index in [9.17, 15) is 13.9 Å². The predicted octanol–water partition coefficient (Wildman–Crippen LogP) is 2.16. The van der Waals surface area contributed by atoms with Crippen LogP contribution in [0.15, 0.2) is 18.2 Å². The monoisotopic (exact) mass is 271 g/mol. The summed E-state index contributed by atoms with van der Waals surface area (Å²) < 4.78 is 31.2. The molecule has 0 aliphatic carbocycles. The first-order valence-electron chi connectivity index (χ1n) is 6.62. The Kier molecular flexibility index (Phi) is 5.24. The quantitative estimate of drug-likeness (QED) is 0.779. The van der Waals surface area contributed by atoms with Crippen LogP contribution in [0.25, 0.3) is 0 Å². The van der Waals surface area contributed by atoms with E-state index in [4.69, 9.17) is 4.74 Å². The molecule has 5 heteroatoms. The summed E-state index contributed by atoms with van der Waals surface area (Å²) in [5.74, 6) is -1.82. The fraction of sp³-hybridized carbons (Fsp3) is 0.571. The summed E-state index contributed by atoms with van der Waals surface area (Å²) in [4.78, 5) is 0. The molecule has 2 unspecified atom stereocenters. The summed E-state index contributed by atoms with van der Waals surface area (Å²) in [5.41, 5.74) is 0.401. The lowest BCUT2D eigenvalue weighted by molar-refractivity contribution is 0.107. The average molecular weight is 271 g/mol. The summed E-state index contributed by atoms with van der Waals surface area (Å²) in [5, 5.41) is 13.1. The van der Waals surface area contributed by atoms with Crippen LogP contribution in [0.1, 0.15) is 30.9 Å². The fourth-order valence-electron chi connectivity index (χ4n) is 2.19. The van der Waals surface area contributed by atoms with Crippen LogP contribution in [0.5, 0.6) is 0 Å². The van der Waals surface area contributed by atoms with E-state index >= 15 is 0 Å². The second-order valence-corrected chi connectivity index (χ2v) is 4.82. The predicted molar refractivity (Wildman–Crippen MR) is 67.8 cm³/mol.